The average molecular weight is 565 g/mol. The van der Waals surface area contributed by atoms with E-state index in [9.17, 15) is 18.7 Å². The second-order valence-electron chi connectivity index (χ2n) is 9.82. The van der Waals surface area contributed by atoms with E-state index in [1.165, 1.54) is 16.5 Å². The fraction of sp³-hybridized carbons (Fsp3) is 0.407. The molecule has 0 spiro atoms. The van der Waals surface area contributed by atoms with E-state index >= 15 is 0 Å². The topological polar surface area (TPSA) is 77.9 Å². The highest BCUT2D eigenvalue weighted by Gasteiger charge is 2.34. The Morgan fingerprint density at radius 2 is 1.92 bits per heavy atom. The number of carbonyl (C=O) groups is 1. The van der Waals surface area contributed by atoms with Crippen LogP contribution in [-0.4, -0.2) is 51.1 Å². The van der Waals surface area contributed by atoms with Crippen LogP contribution in [0.1, 0.15) is 55.5 Å². The zero-order valence-corrected chi connectivity index (χ0v) is 23.5. The van der Waals surface area contributed by atoms with Gasteiger partial charge in [0.05, 0.1) is 11.3 Å². The number of anilines is 1. The largest absolute Gasteiger partial charge is 0.406 e. The number of hydrazine groups is 1. The number of aliphatic hydroxyl groups is 1. The van der Waals surface area contributed by atoms with Gasteiger partial charge in [-0.3, -0.25) is 9.78 Å². The second kappa shape index (κ2) is 13.0. The minimum Gasteiger partial charge on any atom is -0.406 e. The van der Waals surface area contributed by atoms with E-state index in [0.29, 0.717) is 49.5 Å². The monoisotopic (exact) mass is 564 g/mol. The van der Waals surface area contributed by atoms with Crippen molar-refractivity contribution in [1.82, 2.24) is 14.3 Å². The molecule has 7 nitrogen and oxygen atoms in total. The molecular formula is C27H34F2N4O3S2. The Morgan fingerprint density at radius 3 is 2.61 bits per heavy atom. The first-order valence-electron chi connectivity index (χ1n) is 12.3. The summed E-state index contributed by atoms with van der Waals surface area (Å²) in [5.74, 6) is 0.592. The van der Waals surface area contributed by atoms with Gasteiger partial charge in [0.15, 0.2) is 18.0 Å². The molecule has 2 N–H and O–H groups in total. The number of fused-ring (bicyclic) bond motifs is 1. The lowest BCUT2D eigenvalue weighted by molar-refractivity contribution is -0.0311. The summed E-state index contributed by atoms with van der Waals surface area (Å²) in [4.78, 5) is 19.0. The van der Waals surface area contributed by atoms with Gasteiger partial charge in [0.2, 0.25) is 0 Å². The summed E-state index contributed by atoms with van der Waals surface area (Å²) in [5, 5.41) is 11.7. The first kappa shape index (κ1) is 29.9. The predicted octanol–water partition coefficient (Wildman–Crippen LogP) is 6.20. The first-order chi connectivity index (χ1) is 17.6. The molecule has 38 heavy (non-hydrogen) atoms. The van der Waals surface area contributed by atoms with Gasteiger partial charge in [-0.05, 0) is 55.5 Å². The molecule has 2 heterocycles. The second-order valence-corrected chi connectivity index (χ2v) is 10.7. The fourth-order valence-corrected chi connectivity index (χ4v) is 5.14. The number of hydrogen-bond donors (Lipinski definition) is 2. The van der Waals surface area contributed by atoms with Crippen molar-refractivity contribution in [2.75, 3.05) is 25.6 Å². The third-order valence-electron chi connectivity index (χ3n) is 6.42. The Morgan fingerprint density at radius 1 is 1.21 bits per heavy atom. The normalized spacial score (nSPS) is 15.1. The van der Waals surface area contributed by atoms with Crippen LogP contribution in [0.4, 0.5) is 14.5 Å². The van der Waals surface area contributed by atoms with Crippen molar-refractivity contribution in [3.05, 3.63) is 65.9 Å². The van der Waals surface area contributed by atoms with Gasteiger partial charge < -0.3 is 19.6 Å². The van der Waals surface area contributed by atoms with Crippen LogP contribution >= 0.6 is 25.7 Å². The molecule has 0 radical (unpaired) electrons. The number of carbonyl (C=O) groups excluding carboxylic acids is 1. The lowest BCUT2D eigenvalue weighted by Gasteiger charge is -2.39. The van der Waals surface area contributed by atoms with E-state index in [1.807, 2.05) is 24.3 Å². The smallest absolute Gasteiger partial charge is 0.265 e. The molecule has 0 saturated carbocycles. The summed E-state index contributed by atoms with van der Waals surface area (Å²) in [7, 11) is 1.64. The first-order valence-corrected chi connectivity index (χ1v) is 13.0. The number of para-hydroxylation sites is 1. The number of hydrogen-bond acceptors (Lipinski definition) is 7. The molecule has 4 rings (SSSR count). The molecule has 1 aromatic heterocycles. The fourth-order valence-electron chi connectivity index (χ4n) is 4.68. The zero-order chi connectivity index (χ0) is 26.6. The quantitative estimate of drug-likeness (QED) is 0.182. The van der Waals surface area contributed by atoms with Gasteiger partial charge in [0.25, 0.3) is 12.3 Å². The van der Waals surface area contributed by atoms with Gasteiger partial charge in [-0.2, -0.15) is 13.5 Å². The number of nitrogens with one attached hydrogen (secondary N) is 1. The van der Waals surface area contributed by atoms with Crippen molar-refractivity contribution < 1.29 is 22.9 Å². The van der Waals surface area contributed by atoms with Crippen LogP contribution in [0.15, 0.2) is 54.7 Å². The number of likely N-dealkylation sites (tertiary alicyclic amines) is 1. The summed E-state index contributed by atoms with van der Waals surface area (Å²) in [6.45, 7) is 4.90. The minimum atomic E-state index is -2.78. The number of alkyl halides is 2. The zero-order valence-electron chi connectivity index (χ0n) is 21.7. The Balaban J connectivity index is 0.00000400. The van der Waals surface area contributed by atoms with Crippen molar-refractivity contribution in [3.8, 4) is 5.75 Å². The van der Waals surface area contributed by atoms with Crippen molar-refractivity contribution in [2.24, 2.45) is 5.92 Å². The number of piperidine rings is 1. The lowest BCUT2D eigenvalue weighted by atomic mass is 9.84. The summed E-state index contributed by atoms with van der Waals surface area (Å²) in [6.07, 6.45) is 0.528. The predicted molar refractivity (Wildman–Crippen MR) is 153 cm³/mol. The number of aromatic nitrogens is 1. The van der Waals surface area contributed by atoms with Crippen LogP contribution in [0.5, 0.6) is 5.75 Å². The molecule has 1 aliphatic heterocycles. The number of benzene rings is 2. The Bertz CT molecular complexity index is 1230. The van der Waals surface area contributed by atoms with Crippen molar-refractivity contribution >= 4 is 48.2 Å². The van der Waals surface area contributed by atoms with Crippen molar-refractivity contribution in [1.29, 1.82) is 0 Å². The molecule has 1 fully saturated rings. The van der Waals surface area contributed by atoms with E-state index in [4.69, 9.17) is 4.18 Å². The molecule has 1 amide bonds. The molecular weight excluding hydrogens is 530 g/mol. The third-order valence-corrected chi connectivity index (χ3v) is 6.98. The summed E-state index contributed by atoms with van der Waals surface area (Å²) in [6, 6.07) is 13.6. The highest BCUT2D eigenvalue weighted by molar-refractivity contribution is 7.92. The van der Waals surface area contributed by atoms with Gasteiger partial charge in [0.1, 0.15) is 5.52 Å². The molecule has 0 bridgehead atoms. The SMILES string of the molecule is CC(C)CC1(O)CCN(C(=O)c2ccc(NN(C)SOc3cccc4cccnc34)c(C(F)F)c2)CC1.S. The lowest BCUT2D eigenvalue weighted by Crippen LogP contribution is -2.47. The van der Waals surface area contributed by atoms with Crippen molar-refractivity contribution in [3.63, 3.8) is 0 Å². The highest BCUT2D eigenvalue weighted by atomic mass is 32.2. The van der Waals surface area contributed by atoms with E-state index in [2.05, 4.69) is 24.3 Å². The average Bonchev–Trinajstić information content (AvgIpc) is 2.87. The van der Waals surface area contributed by atoms with Crippen molar-refractivity contribution in [2.45, 2.75) is 45.1 Å². The van der Waals surface area contributed by atoms with E-state index in [-0.39, 0.29) is 36.2 Å². The van der Waals surface area contributed by atoms with Gasteiger partial charge in [-0.1, -0.05) is 32.0 Å². The molecule has 206 valence electrons. The molecule has 1 aliphatic rings. The maximum absolute atomic E-state index is 13.9. The standard InChI is InChI=1S/C27H32F2N4O3S.H2S/c1-18(2)17-27(35)11-14-33(15-12-27)26(34)20-9-10-22(21(16-20)25(28)29)31-32(3)37-36-23-8-4-6-19-7-5-13-30-24(19)23;/h4-10,13,16,18,25,31,35H,11-12,14-15,17H2,1-3H3;1H2. The van der Waals surface area contributed by atoms with Gasteiger partial charge in [0, 0.05) is 42.8 Å². The molecule has 2 aromatic carbocycles. The third kappa shape index (κ3) is 7.28. The Labute approximate surface area is 233 Å². The minimum absolute atomic E-state index is 0. The van der Waals surface area contributed by atoms with Crippen LogP contribution < -0.4 is 9.61 Å². The summed E-state index contributed by atoms with van der Waals surface area (Å²) in [5.41, 5.74) is 2.91. The van der Waals surface area contributed by atoms with Crippen LogP contribution in [0.25, 0.3) is 10.9 Å². The van der Waals surface area contributed by atoms with E-state index in [0.717, 1.165) is 17.6 Å². The molecule has 1 saturated heterocycles. The summed E-state index contributed by atoms with van der Waals surface area (Å²) < 4.78 is 35.1. The number of amides is 1. The number of nitrogens with zero attached hydrogens (tertiary/aromatic N) is 3. The van der Waals surface area contributed by atoms with Crippen LogP contribution in [0.2, 0.25) is 0 Å². The van der Waals surface area contributed by atoms with E-state index < -0.39 is 12.0 Å². The van der Waals surface area contributed by atoms with Crippen LogP contribution in [0, 0.1) is 5.92 Å². The van der Waals surface area contributed by atoms with E-state index in [1.54, 1.807) is 30.3 Å². The number of rotatable bonds is 9. The Kier molecular flexibility index (Phi) is 10.2. The van der Waals surface area contributed by atoms with Crippen LogP contribution in [-0.2, 0) is 0 Å². The number of pyridine rings is 1. The van der Waals surface area contributed by atoms with Crippen LogP contribution in [0.3, 0.4) is 0 Å². The molecule has 11 heteroatoms. The van der Waals surface area contributed by atoms with Gasteiger partial charge >= 0.3 is 0 Å². The van der Waals surface area contributed by atoms with Gasteiger partial charge in [-0.15, -0.1) is 4.41 Å². The molecule has 0 atom stereocenters. The Hall–Kier alpha value is -2.60. The number of halogens is 2. The molecule has 0 aliphatic carbocycles. The maximum atomic E-state index is 13.9. The van der Waals surface area contributed by atoms with Gasteiger partial charge in [-0.25, -0.2) is 8.78 Å². The molecule has 3 aromatic rings. The highest BCUT2D eigenvalue weighted by Crippen LogP contribution is 2.33. The summed E-state index contributed by atoms with van der Waals surface area (Å²) >= 11 is 0.935. The maximum Gasteiger partial charge on any atom is 0.265 e. The molecule has 0 unspecified atom stereocenters.